The van der Waals surface area contributed by atoms with Gasteiger partial charge in [0.1, 0.15) is 6.04 Å². The molecule has 2 amide bonds. The van der Waals surface area contributed by atoms with E-state index in [-0.39, 0.29) is 24.2 Å². The number of carbonyl (C=O) groups excluding carboxylic acids is 3. The molecule has 1 atom stereocenters. The van der Waals surface area contributed by atoms with Gasteiger partial charge in [-0.05, 0) is 30.2 Å². The number of nitrogens with zero attached hydrogens (tertiary/aromatic N) is 2. The summed E-state index contributed by atoms with van der Waals surface area (Å²) in [5, 5.41) is 2.61. The highest BCUT2D eigenvalue weighted by atomic mass is 16.5. The second kappa shape index (κ2) is 9.96. The second-order valence-corrected chi connectivity index (χ2v) is 7.48. The van der Waals surface area contributed by atoms with E-state index >= 15 is 0 Å². The molecular weight excluding hydrogens is 386 g/mol. The van der Waals surface area contributed by atoms with Gasteiger partial charge >= 0.3 is 5.97 Å². The molecule has 0 aliphatic carbocycles. The smallest absolute Gasteiger partial charge is 0.329 e. The van der Waals surface area contributed by atoms with Crippen molar-refractivity contribution in [3.05, 3.63) is 54.5 Å². The van der Waals surface area contributed by atoms with E-state index in [2.05, 4.69) is 10.2 Å². The number of ether oxygens (including phenoxy) is 1. The Morgan fingerprint density at radius 2 is 1.73 bits per heavy atom. The monoisotopic (exact) mass is 413 g/mol. The van der Waals surface area contributed by atoms with Crippen molar-refractivity contribution in [2.24, 2.45) is 5.92 Å². The molecule has 1 saturated heterocycles. The first-order chi connectivity index (χ1) is 14.5. The third kappa shape index (κ3) is 5.40. The fourth-order valence-electron chi connectivity index (χ4n) is 3.28. The normalized spacial score (nSPS) is 15.0. The predicted molar refractivity (Wildman–Crippen MR) is 111 cm³/mol. The van der Waals surface area contributed by atoms with Crippen molar-refractivity contribution in [2.45, 2.75) is 19.9 Å². The Hall–Kier alpha value is -3.29. The standard InChI is InChI=1S/C22H27N3O5/c1-16(2)20(23-21(27)18-9-6-14-29-18)22(28)30-15-19(26)25-12-10-24(11-13-25)17-7-4-3-5-8-17/h3-9,14,16,20H,10-13,15H2,1-2H3,(H,23,27). The van der Waals surface area contributed by atoms with E-state index in [0.29, 0.717) is 13.1 Å². The van der Waals surface area contributed by atoms with E-state index in [1.165, 1.54) is 12.3 Å². The van der Waals surface area contributed by atoms with E-state index in [0.717, 1.165) is 18.8 Å². The highest BCUT2D eigenvalue weighted by Gasteiger charge is 2.29. The van der Waals surface area contributed by atoms with Gasteiger partial charge in [0.05, 0.1) is 6.26 Å². The number of nitrogens with one attached hydrogen (secondary N) is 1. The van der Waals surface area contributed by atoms with Crippen LogP contribution in [0.1, 0.15) is 24.4 Å². The molecule has 0 radical (unpaired) electrons. The molecule has 0 bridgehead atoms. The van der Waals surface area contributed by atoms with Crippen LogP contribution in [0, 0.1) is 5.92 Å². The summed E-state index contributed by atoms with van der Waals surface area (Å²) >= 11 is 0. The predicted octanol–water partition coefficient (Wildman–Crippen LogP) is 1.93. The topological polar surface area (TPSA) is 92.1 Å². The number of rotatable bonds is 7. The lowest BCUT2D eigenvalue weighted by Gasteiger charge is -2.36. The van der Waals surface area contributed by atoms with E-state index < -0.39 is 17.9 Å². The average Bonchev–Trinajstić information content (AvgIpc) is 3.31. The van der Waals surface area contributed by atoms with E-state index in [1.54, 1.807) is 24.8 Å². The van der Waals surface area contributed by atoms with Crippen LogP contribution in [0.2, 0.25) is 0 Å². The van der Waals surface area contributed by atoms with Gasteiger partial charge in [0.15, 0.2) is 12.4 Å². The fourth-order valence-corrected chi connectivity index (χ4v) is 3.28. The Balaban J connectivity index is 1.47. The van der Waals surface area contributed by atoms with Crippen molar-refractivity contribution in [3.8, 4) is 0 Å². The van der Waals surface area contributed by atoms with Gasteiger partial charge in [-0.3, -0.25) is 9.59 Å². The van der Waals surface area contributed by atoms with Gasteiger partial charge in [0.25, 0.3) is 11.8 Å². The molecule has 3 rings (SSSR count). The summed E-state index contributed by atoms with van der Waals surface area (Å²) in [4.78, 5) is 41.0. The van der Waals surface area contributed by atoms with Crippen LogP contribution in [0.25, 0.3) is 0 Å². The summed E-state index contributed by atoms with van der Waals surface area (Å²) in [5.74, 6) is -1.47. The molecule has 1 N–H and O–H groups in total. The molecule has 1 unspecified atom stereocenters. The van der Waals surface area contributed by atoms with Crippen molar-refractivity contribution in [3.63, 3.8) is 0 Å². The molecule has 30 heavy (non-hydrogen) atoms. The second-order valence-electron chi connectivity index (χ2n) is 7.48. The van der Waals surface area contributed by atoms with Crippen LogP contribution in [-0.4, -0.2) is 61.5 Å². The Kier molecular flexibility index (Phi) is 7.11. The first kappa shape index (κ1) is 21.4. The van der Waals surface area contributed by atoms with E-state index in [9.17, 15) is 14.4 Å². The number of amides is 2. The summed E-state index contributed by atoms with van der Waals surface area (Å²) in [6.45, 7) is 5.80. The van der Waals surface area contributed by atoms with Crippen LogP contribution in [0.5, 0.6) is 0 Å². The maximum absolute atomic E-state index is 12.5. The molecule has 1 fully saturated rings. The number of benzene rings is 1. The molecule has 1 aliphatic rings. The van der Waals surface area contributed by atoms with Crippen molar-refractivity contribution < 1.29 is 23.5 Å². The van der Waals surface area contributed by atoms with Crippen LogP contribution in [0.3, 0.4) is 0 Å². The lowest BCUT2D eigenvalue weighted by molar-refractivity contribution is -0.154. The van der Waals surface area contributed by atoms with Gasteiger partial charge in [0, 0.05) is 31.9 Å². The van der Waals surface area contributed by atoms with Gasteiger partial charge in [-0.2, -0.15) is 0 Å². The summed E-state index contributed by atoms with van der Waals surface area (Å²) in [6, 6.07) is 12.3. The Morgan fingerprint density at radius 1 is 1.03 bits per heavy atom. The van der Waals surface area contributed by atoms with Crippen molar-refractivity contribution in [1.29, 1.82) is 0 Å². The highest BCUT2D eigenvalue weighted by Crippen LogP contribution is 2.15. The van der Waals surface area contributed by atoms with Crippen LogP contribution in [0.15, 0.2) is 53.1 Å². The maximum atomic E-state index is 12.5. The molecular formula is C22H27N3O5. The lowest BCUT2D eigenvalue weighted by Crippen LogP contribution is -2.50. The lowest BCUT2D eigenvalue weighted by atomic mass is 10.0. The molecule has 8 heteroatoms. The van der Waals surface area contributed by atoms with Gasteiger partial charge in [-0.1, -0.05) is 32.0 Å². The number of hydrogen-bond acceptors (Lipinski definition) is 6. The molecule has 2 heterocycles. The molecule has 1 aromatic carbocycles. The van der Waals surface area contributed by atoms with Crippen LogP contribution in [-0.2, 0) is 14.3 Å². The summed E-state index contributed by atoms with van der Waals surface area (Å²) in [7, 11) is 0. The van der Waals surface area contributed by atoms with Crippen LogP contribution >= 0.6 is 0 Å². The van der Waals surface area contributed by atoms with Crippen LogP contribution in [0.4, 0.5) is 5.69 Å². The number of carbonyl (C=O) groups is 3. The average molecular weight is 413 g/mol. The zero-order valence-electron chi connectivity index (χ0n) is 17.2. The molecule has 0 spiro atoms. The van der Waals surface area contributed by atoms with Gasteiger partial charge < -0.3 is 24.3 Å². The number of piperazine rings is 1. The zero-order chi connectivity index (χ0) is 21.5. The summed E-state index contributed by atoms with van der Waals surface area (Å²) in [6.07, 6.45) is 1.38. The number of anilines is 1. The Morgan fingerprint density at radius 3 is 2.33 bits per heavy atom. The van der Waals surface area contributed by atoms with E-state index in [1.807, 2.05) is 30.3 Å². The van der Waals surface area contributed by atoms with Crippen LogP contribution < -0.4 is 10.2 Å². The molecule has 1 aromatic heterocycles. The Labute approximate surface area is 175 Å². The summed E-state index contributed by atoms with van der Waals surface area (Å²) in [5.41, 5.74) is 1.13. The number of esters is 1. The number of furan rings is 1. The molecule has 1 aliphatic heterocycles. The van der Waals surface area contributed by atoms with Gasteiger partial charge in [-0.15, -0.1) is 0 Å². The van der Waals surface area contributed by atoms with Crippen molar-refractivity contribution in [1.82, 2.24) is 10.2 Å². The fraction of sp³-hybridized carbons (Fsp3) is 0.409. The third-order valence-electron chi connectivity index (χ3n) is 5.04. The summed E-state index contributed by atoms with van der Waals surface area (Å²) < 4.78 is 10.3. The molecule has 0 saturated carbocycles. The zero-order valence-corrected chi connectivity index (χ0v) is 17.2. The van der Waals surface area contributed by atoms with Gasteiger partial charge in [0.2, 0.25) is 0 Å². The number of para-hydroxylation sites is 1. The van der Waals surface area contributed by atoms with E-state index in [4.69, 9.17) is 9.15 Å². The minimum atomic E-state index is -0.870. The van der Waals surface area contributed by atoms with Crippen molar-refractivity contribution in [2.75, 3.05) is 37.7 Å². The minimum Gasteiger partial charge on any atom is -0.459 e. The largest absolute Gasteiger partial charge is 0.459 e. The minimum absolute atomic E-state index is 0.112. The Bertz CT molecular complexity index is 843. The first-order valence-electron chi connectivity index (χ1n) is 10.0. The van der Waals surface area contributed by atoms with Crippen molar-refractivity contribution >= 4 is 23.5 Å². The number of hydrogen-bond donors (Lipinski definition) is 1. The highest BCUT2D eigenvalue weighted by molar-refractivity contribution is 5.94. The maximum Gasteiger partial charge on any atom is 0.329 e. The first-order valence-corrected chi connectivity index (χ1v) is 10.0. The molecule has 2 aromatic rings. The molecule has 8 nitrogen and oxygen atoms in total. The van der Waals surface area contributed by atoms with Gasteiger partial charge in [-0.25, -0.2) is 4.79 Å². The third-order valence-corrected chi connectivity index (χ3v) is 5.04. The quantitative estimate of drug-likeness (QED) is 0.698. The SMILES string of the molecule is CC(C)C(NC(=O)c1ccco1)C(=O)OCC(=O)N1CCN(c2ccccc2)CC1. The molecule has 160 valence electrons.